The third kappa shape index (κ3) is 5.12. The Bertz CT molecular complexity index is 895. The summed E-state index contributed by atoms with van der Waals surface area (Å²) in [5.74, 6) is 0.129. The van der Waals surface area contributed by atoms with Crippen molar-refractivity contribution >= 4 is 29.5 Å². The van der Waals surface area contributed by atoms with Crippen molar-refractivity contribution < 1.29 is 9.53 Å². The third-order valence-corrected chi connectivity index (χ3v) is 4.34. The first-order valence-electron chi connectivity index (χ1n) is 8.80. The number of carbonyl (C=O) groups excluding carboxylic acids is 1. The number of amides is 1. The minimum Gasteiger partial charge on any atom is -0.385 e. The summed E-state index contributed by atoms with van der Waals surface area (Å²) in [4.78, 5) is 18.6. The predicted molar refractivity (Wildman–Crippen MR) is 111 cm³/mol. The summed E-state index contributed by atoms with van der Waals surface area (Å²) < 4.78 is 6.72. The lowest BCUT2D eigenvalue weighted by Gasteiger charge is -2.15. The number of carbonyl (C=O) groups is 1. The zero-order valence-corrected chi connectivity index (χ0v) is 17.2. The second-order valence-corrected chi connectivity index (χ2v) is 6.78. The normalized spacial score (nSPS) is 11.2. The first-order chi connectivity index (χ1) is 13.4. The van der Waals surface area contributed by atoms with Gasteiger partial charge in [0.1, 0.15) is 22.5 Å². The van der Waals surface area contributed by atoms with E-state index in [1.165, 1.54) is 6.08 Å². The first kappa shape index (κ1) is 21.5. The van der Waals surface area contributed by atoms with Gasteiger partial charge in [-0.25, -0.2) is 4.98 Å². The van der Waals surface area contributed by atoms with Gasteiger partial charge in [-0.15, -0.1) is 0 Å². The lowest BCUT2D eigenvalue weighted by Crippen LogP contribution is -2.26. The lowest BCUT2D eigenvalue weighted by atomic mass is 10.2. The molecule has 28 heavy (non-hydrogen) atoms. The van der Waals surface area contributed by atoms with Crippen molar-refractivity contribution in [2.75, 3.05) is 39.3 Å². The number of benzene rings is 1. The molecule has 7 nitrogen and oxygen atoms in total. The van der Waals surface area contributed by atoms with Crippen LogP contribution in [0, 0.1) is 18.3 Å². The first-order valence-corrected chi connectivity index (χ1v) is 9.18. The number of aryl methyl sites for hydroxylation is 1. The molecular formula is C20H24ClN5O2. The Labute approximate surface area is 170 Å². The van der Waals surface area contributed by atoms with Gasteiger partial charge in [-0.3, -0.25) is 9.36 Å². The molecule has 2 aromatic rings. The molecule has 0 atom stereocenters. The van der Waals surface area contributed by atoms with E-state index in [2.05, 4.69) is 10.3 Å². The zero-order valence-electron chi connectivity index (χ0n) is 16.5. The van der Waals surface area contributed by atoms with Crippen LogP contribution >= 0.6 is 11.6 Å². The molecule has 8 heteroatoms. The lowest BCUT2D eigenvalue weighted by molar-refractivity contribution is -0.117. The fraction of sp³-hybridized carbons (Fsp3) is 0.350. The number of hydrogen-bond donors (Lipinski definition) is 1. The number of nitriles is 1. The number of methoxy groups -OCH3 is 1. The van der Waals surface area contributed by atoms with E-state index >= 15 is 0 Å². The monoisotopic (exact) mass is 401 g/mol. The molecule has 0 fully saturated rings. The Balaban J connectivity index is 2.38. The maximum absolute atomic E-state index is 12.3. The number of ether oxygens (including phenoxy) is 1. The summed E-state index contributed by atoms with van der Waals surface area (Å²) in [7, 11) is 5.30. The van der Waals surface area contributed by atoms with E-state index in [0.717, 1.165) is 11.3 Å². The predicted octanol–water partition coefficient (Wildman–Crippen LogP) is 2.96. The van der Waals surface area contributed by atoms with Crippen LogP contribution in [0.2, 0.25) is 5.15 Å². The number of halogens is 1. The van der Waals surface area contributed by atoms with Crippen LogP contribution in [0.1, 0.15) is 17.7 Å². The second-order valence-electron chi connectivity index (χ2n) is 6.43. The number of imidazole rings is 1. The van der Waals surface area contributed by atoms with Gasteiger partial charge in [-0.05, 0) is 31.6 Å². The van der Waals surface area contributed by atoms with Gasteiger partial charge in [-0.1, -0.05) is 29.3 Å². The van der Waals surface area contributed by atoms with E-state index < -0.39 is 5.91 Å². The van der Waals surface area contributed by atoms with Crippen LogP contribution in [0.4, 0.5) is 5.95 Å². The fourth-order valence-corrected chi connectivity index (χ4v) is 2.79. The van der Waals surface area contributed by atoms with Gasteiger partial charge in [0.05, 0.1) is 0 Å². The van der Waals surface area contributed by atoms with Crippen molar-refractivity contribution in [3.63, 3.8) is 0 Å². The quantitative estimate of drug-likeness (QED) is 0.417. The highest BCUT2D eigenvalue weighted by Gasteiger charge is 2.19. The van der Waals surface area contributed by atoms with Crippen molar-refractivity contribution in [2.24, 2.45) is 0 Å². The summed E-state index contributed by atoms with van der Waals surface area (Å²) >= 11 is 6.57. The smallest absolute Gasteiger partial charge is 0.262 e. The van der Waals surface area contributed by atoms with Gasteiger partial charge < -0.3 is 15.0 Å². The van der Waals surface area contributed by atoms with Crippen LogP contribution in [0.25, 0.3) is 11.8 Å². The van der Waals surface area contributed by atoms with Crippen molar-refractivity contribution in [3.05, 3.63) is 46.2 Å². The number of rotatable bonds is 8. The Morgan fingerprint density at radius 2 is 2.07 bits per heavy atom. The molecule has 0 aliphatic carbocycles. The molecular weight excluding hydrogens is 378 g/mol. The van der Waals surface area contributed by atoms with Crippen LogP contribution in [0.5, 0.6) is 0 Å². The summed E-state index contributed by atoms with van der Waals surface area (Å²) in [6, 6.07) is 9.76. The van der Waals surface area contributed by atoms with E-state index in [0.29, 0.717) is 36.4 Å². The van der Waals surface area contributed by atoms with Crippen molar-refractivity contribution in [2.45, 2.75) is 13.3 Å². The summed E-state index contributed by atoms with van der Waals surface area (Å²) in [6.07, 6.45) is 2.07. The molecule has 1 aromatic carbocycles. The number of anilines is 1. The highest BCUT2D eigenvalue weighted by Crippen LogP contribution is 2.29. The standard InChI is InChI=1S/C20H24ClN5O2/c1-14-6-8-16(9-7-14)26-18(21)17(24-20(26)25(2)3)12-15(13-22)19(27)23-10-5-11-28-4/h6-9,12H,5,10-11H2,1-4H3,(H,23,27). The van der Waals surface area contributed by atoms with Crippen LogP contribution in [-0.4, -0.2) is 49.8 Å². The van der Waals surface area contributed by atoms with Crippen molar-refractivity contribution in [1.29, 1.82) is 5.26 Å². The summed E-state index contributed by atoms with van der Waals surface area (Å²) in [5.41, 5.74) is 2.27. The number of nitrogens with zero attached hydrogens (tertiary/aromatic N) is 4. The summed E-state index contributed by atoms with van der Waals surface area (Å²) in [5, 5.41) is 12.4. The Morgan fingerprint density at radius 3 is 2.64 bits per heavy atom. The Hall–Kier alpha value is -2.82. The minimum atomic E-state index is -0.467. The van der Waals surface area contributed by atoms with Crippen molar-refractivity contribution in [3.8, 4) is 11.8 Å². The SMILES string of the molecule is COCCCNC(=O)C(C#N)=Cc1nc(N(C)C)n(-c2ccc(C)cc2)c1Cl. The highest BCUT2D eigenvalue weighted by atomic mass is 35.5. The second kappa shape index (κ2) is 9.93. The summed E-state index contributed by atoms with van der Waals surface area (Å²) in [6.45, 7) is 2.95. The van der Waals surface area contributed by atoms with E-state index in [9.17, 15) is 10.1 Å². The van der Waals surface area contributed by atoms with E-state index in [1.807, 2.05) is 56.3 Å². The molecule has 0 saturated heterocycles. The topological polar surface area (TPSA) is 83.2 Å². The molecule has 2 rings (SSSR count). The molecule has 0 unspecified atom stereocenters. The van der Waals surface area contributed by atoms with Crippen molar-refractivity contribution in [1.82, 2.24) is 14.9 Å². The maximum Gasteiger partial charge on any atom is 0.262 e. The molecule has 0 radical (unpaired) electrons. The van der Waals surface area contributed by atoms with Gasteiger partial charge in [-0.2, -0.15) is 5.26 Å². The largest absolute Gasteiger partial charge is 0.385 e. The molecule has 0 saturated carbocycles. The van der Waals surface area contributed by atoms with Gasteiger partial charge in [0.2, 0.25) is 5.95 Å². The molecule has 1 heterocycles. The maximum atomic E-state index is 12.3. The molecule has 148 valence electrons. The van der Waals surface area contributed by atoms with Gasteiger partial charge in [0.15, 0.2) is 0 Å². The highest BCUT2D eigenvalue weighted by molar-refractivity contribution is 6.31. The molecule has 0 aliphatic heterocycles. The zero-order chi connectivity index (χ0) is 20.7. The van der Waals surface area contributed by atoms with Crippen LogP contribution < -0.4 is 10.2 Å². The molecule has 0 spiro atoms. The third-order valence-electron chi connectivity index (χ3n) is 3.98. The van der Waals surface area contributed by atoms with E-state index in [-0.39, 0.29) is 5.57 Å². The van der Waals surface area contributed by atoms with E-state index in [1.54, 1.807) is 11.7 Å². The molecule has 0 bridgehead atoms. The number of nitrogens with one attached hydrogen (secondary N) is 1. The molecule has 1 aromatic heterocycles. The van der Waals surface area contributed by atoms with E-state index in [4.69, 9.17) is 16.3 Å². The van der Waals surface area contributed by atoms with Crippen LogP contribution in [0.3, 0.4) is 0 Å². The van der Waals surface area contributed by atoms with Gasteiger partial charge >= 0.3 is 0 Å². The number of hydrogen-bond acceptors (Lipinski definition) is 5. The van der Waals surface area contributed by atoms with Gasteiger partial charge in [0.25, 0.3) is 5.91 Å². The van der Waals surface area contributed by atoms with Crippen LogP contribution in [0.15, 0.2) is 29.8 Å². The molecule has 0 aliphatic rings. The number of aromatic nitrogens is 2. The molecule has 1 N–H and O–H groups in total. The fourth-order valence-electron chi connectivity index (χ4n) is 2.52. The average Bonchev–Trinajstić information content (AvgIpc) is 3.00. The Morgan fingerprint density at radius 1 is 1.39 bits per heavy atom. The van der Waals surface area contributed by atoms with Gasteiger partial charge in [0, 0.05) is 40.0 Å². The molecule has 1 amide bonds. The minimum absolute atomic E-state index is 0.0572. The Kier molecular flexibility index (Phi) is 7.61. The average molecular weight is 402 g/mol. The van der Waals surface area contributed by atoms with Crippen LogP contribution in [-0.2, 0) is 9.53 Å².